The molecule has 6 aromatic heterocycles. The topological polar surface area (TPSA) is 61.4 Å². The first-order valence-electron chi connectivity index (χ1n) is 16.6. The summed E-state index contributed by atoms with van der Waals surface area (Å²) in [6.07, 6.45) is 5.46. The van der Waals surface area contributed by atoms with E-state index < -0.39 is 0 Å². The fraction of sp³-hybridized carbons (Fsp3) is 0. The second-order valence-electron chi connectivity index (χ2n) is 12.4. The number of para-hydroxylation sites is 2. The van der Waals surface area contributed by atoms with Crippen LogP contribution in [0.5, 0.6) is 0 Å². The zero-order valence-corrected chi connectivity index (χ0v) is 26.8. The van der Waals surface area contributed by atoms with Gasteiger partial charge in [0.1, 0.15) is 11.5 Å². The van der Waals surface area contributed by atoms with Gasteiger partial charge in [-0.3, -0.25) is 14.5 Å². The van der Waals surface area contributed by atoms with Crippen LogP contribution in [-0.2, 0) is 0 Å². The van der Waals surface area contributed by atoms with E-state index >= 15 is 0 Å². The van der Waals surface area contributed by atoms with E-state index in [2.05, 4.69) is 128 Å². The molecule has 6 nitrogen and oxygen atoms in total. The molecular formula is C44H28N6. The van der Waals surface area contributed by atoms with E-state index in [0.717, 1.165) is 67.2 Å². The monoisotopic (exact) mass is 640 g/mol. The summed E-state index contributed by atoms with van der Waals surface area (Å²) < 4.78 is 4.52. The molecule has 0 spiro atoms. The summed E-state index contributed by atoms with van der Waals surface area (Å²) in [6, 6.07) is 52.8. The molecule has 10 rings (SSSR count). The molecule has 0 aliphatic heterocycles. The first-order valence-corrected chi connectivity index (χ1v) is 16.6. The molecule has 0 amide bonds. The first kappa shape index (κ1) is 28.1. The van der Waals surface area contributed by atoms with E-state index in [0.29, 0.717) is 0 Å². The van der Waals surface area contributed by atoms with Gasteiger partial charge in [-0.05, 0) is 96.1 Å². The van der Waals surface area contributed by atoms with Crippen LogP contribution in [0.25, 0.3) is 89.0 Å². The number of pyridine rings is 4. The van der Waals surface area contributed by atoms with Crippen molar-refractivity contribution in [1.82, 2.24) is 29.1 Å². The van der Waals surface area contributed by atoms with Crippen molar-refractivity contribution in [2.45, 2.75) is 0 Å². The van der Waals surface area contributed by atoms with E-state index in [1.165, 1.54) is 21.8 Å². The van der Waals surface area contributed by atoms with Gasteiger partial charge in [0.2, 0.25) is 0 Å². The van der Waals surface area contributed by atoms with Crippen molar-refractivity contribution < 1.29 is 0 Å². The minimum Gasteiger partial charge on any atom is -0.309 e. The van der Waals surface area contributed by atoms with E-state index in [9.17, 15) is 0 Å². The zero-order chi connectivity index (χ0) is 33.0. The number of fused-ring (bicyclic) bond motifs is 6. The molecule has 6 heterocycles. The number of aromatic nitrogens is 6. The Labute approximate surface area is 287 Å². The van der Waals surface area contributed by atoms with Crippen molar-refractivity contribution in [1.29, 1.82) is 0 Å². The van der Waals surface area contributed by atoms with Crippen LogP contribution in [0.2, 0.25) is 0 Å². The summed E-state index contributed by atoms with van der Waals surface area (Å²) in [4.78, 5) is 19.4. The average molecular weight is 641 g/mol. The maximum atomic E-state index is 5.18. The maximum Gasteiger partial charge on any atom is 0.146 e. The Morgan fingerprint density at radius 3 is 1.88 bits per heavy atom. The molecule has 234 valence electrons. The van der Waals surface area contributed by atoms with Crippen LogP contribution in [0, 0.1) is 0 Å². The Morgan fingerprint density at radius 1 is 0.360 bits per heavy atom. The zero-order valence-electron chi connectivity index (χ0n) is 26.8. The Bertz CT molecular complexity index is 2800. The van der Waals surface area contributed by atoms with Gasteiger partial charge in [-0.15, -0.1) is 0 Å². The van der Waals surface area contributed by atoms with Crippen molar-refractivity contribution in [2.75, 3.05) is 0 Å². The van der Waals surface area contributed by atoms with Crippen LogP contribution >= 0.6 is 0 Å². The Morgan fingerprint density at radius 2 is 1.04 bits per heavy atom. The molecule has 0 bridgehead atoms. The highest BCUT2D eigenvalue weighted by Gasteiger charge is 2.19. The largest absolute Gasteiger partial charge is 0.309 e. The van der Waals surface area contributed by atoms with Gasteiger partial charge < -0.3 is 4.57 Å². The van der Waals surface area contributed by atoms with Gasteiger partial charge in [0.25, 0.3) is 0 Å². The van der Waals surface area contributed by atoms with Crippen LogP contribution < -0.4 is 0 Å². The van der Waals surface area contributed by atoms with E-state index in [1.54, 1.807) is 6.20 Å². The summed E-state index contributed by atoms with van der Waals surface area (Å²) in [5, 5.41) is 4.65. The minimum absolute atomic E-state index is 0.758. The molecule has 10 aromatic rings. The van der Waals surface area contributed by atoms with Gasteiger partial charge in [0.15, 0.2) is 0 Å². The van der Waals surface area contributed by atoms with Crippen LogP contribution in [-0.4, -0.2) is 29.1 Å². The van der Waals surface area contributed by atoms with Gasteiger partial charge in [-0.1, -0.05) is 66.7 Å². The van der Waals surface area contributed by atoms with Gasteiger partial charge in [-0.2, -0.15) is 0 Å². The molecule has 0 unspecified atom stereocenters. The second kappa shape index (κ2) is 11.4. The summed E-state index contributed by atoms with van der Waals surface area (Å²) >= 11 is 0. The predicted octanol–water partition coefficient (Wildman–Crippen LogP) is 10.5. The number of hydrogen-bond donors (Lipinski definition) is 0. The quantitative estimate of drug-likeness (QED) is 0.188. The lowest BCUT2D eigenvalue weighted by Crippen LogP contribution is -2.01. The molecule has 0 atom stereocenters. The summed E-state index contributed by atoms with van der Waals surface area (Å²) in [7, 11) is 0. The van der Waals surface area contributed by atoms with Crippen molar-refractivity contribution in [3.8, 4) is 45.3 Å². The Balaban J connectivity index is 1.18. The van der Waals surface area contributed by atoms with Crippen LogP contribution in [0.4, 0.5) is 0 Å². The highest BCUT2D eigenvalue weighted by Crippen LogP contribution is 2.38. The molecule has 0 radical (unpaired) electrons. The van der Waals surface area contributed by atoms with Gasteiger partial charge in [0, 0.05) is 51.4 Å². The third-order valence-corrected chi connectivity index (χ3v) is 9.48. The Hall–Kier alpha value is -6.92. The fourth-order valence-electron chi connectivity index (χ4n) is 7.22. The molecule has 0 saturated heterocycles. The van der Waals surface area contributed by atoms with Crippen LogP contribution in [0.15, 0.2) is 170 Å². The third-order valence-electron chi connectivity index (χ3n) is 9.48. The van der Waals surface area contributed by atoms with Gasteiger partial charge in [-0.25, -0.2) is 9.97 Å². The number of benzene rings is 4. The normalized spacial score (nSPS) is 11.6. The summed E-state index contributed by atoms with van der Waals surface area (Å²) in [5.74, 6) is 0.758. The molecule has 0 saturated carbocycles. The molecule has 0 fully saturated rings. The molecule has 6 heteroatoms. The fourth-order valence-corrected chi connectivity index (χ4v) is 7.22. The van der Waals surface area contributed by atoms with Crippen molar-refractivity contribution in [3.63, 3.8) is 0 Å². The Kier molecular flexibility index (Phi) is 6.39. The number of hydrogen-bond acceptors (Lipinski definition) is 4. The van der Waals surface area contributed by atoms with Crippen molar-refractivity contribution in [2.24, 2.45) is 0 Å². The van der Waals surface area contributed by atoms with E-state index in [4.69, 9.17) is 9.97 Å². The van der Waals surface area contributed by atoms with Crippen LogP contribution in [0.3, 0.4) is 0 Å². The number of nitrogens with zero attached hydrogens (tertiary/aromatic N) is 6. The first-order chi connectivity index (χ1) is 24.8. The van der Waals surface area contributed by atoms with E-state index in [1.807, 2.05) is 54.9 Å². The summed E-state index contributed by atoms with van der Waals surface area (Å²) in [5.41, 5.74) is 11.1. The lowest BCUT2D eigenvalue weighted by Gasteiger charge is -2.12. The third kappa shape index (κ3) is 4.50. The standard InChI is InChI=1S/C44H28N6/c1-2-11-32(12-3-1)49-40-17-5-4-13-33(40)34-20-18-30(27-42(34)49)29-19-21-41-36(25-29)35-14-10-24-47-44(35)50(41)43-28-31(37-15-6-8-22-45-37)26-39(48-43)38-16-7-9-23-46-38/h1-28H. The molecule has 50 heavy (non-hydrogen) atoms. The van der Waals surface area contributed by atoms with Crippen molar-refractivity contribution >= 4 is 43.7 Å². The minimum atomic E-state index is 0.758. The molecule has 0 N–H and O–H groups in total. The predicted molar refractivity (Wildman–Crippen MR) is 203 cm³/mol. The molecule has 4 aromatic carbocycles. The molecular weight excluding hydrogens is 613 g/mol. The second-order valence-corrected chi connectivity index (χ2v) is 12.4. The number of rotatable bonds is 5. The lowest BCUT2D eigenvalue weighted by molar-refractivity contribution is 1.05. The average Bonchev–Trinajstić information content (AvgIpc) is 3.71. The molecule has 0 aliphatic rings. The highest BCUT2D eigenvalue weighted by atomic mass is 15.1. The SMILES string of the molecule is c1ccc(-n2c3ccccc3c3ccc(-c4ccc5c(c4)c4cccnc4n5-c4cc(-c5ccccn5)cc(-c5ccccn5)n4)cc32)cc1. The van der Waals surface area contributed by atoms with Crippen molar-refractivity contribution in [3.05, 3.63) is 170 Å². The maximum absolute atomic E-state index is 5.18. The lowest BCUT2D eigenvalue weighted by atomic mass is 10.0. The van der Waals surface area contributed by atoms with Crippen LogP contribution in [0.1, 0.15) is 0 Å². The molecule has 0 aliphatic carbocycles. The highest BCUT2D eigenvalue weighted by molar-refractivity contribution is 6.11. The van der Waals surface area contributed by atoms with Gasteiger partial charge >= 0.3 is 0 Å². The van der Waals surface area contributed by atoms with E-state index in [-0.39, 0.29) is 0 Å². The smallest absolute Gasteiger partial charge is 0.146 e. The van der Waals surface area contributed by atoms with Gasteiger partial charge in [0.05, 0.1) is 33.6 Å². The summed E-state index contributed by atoms with van der Waals surface area (Å²) in [6.45, 7) is 0.